The van der Waals surface area contributed by atoms with Gasteiger partial charge in [0.1, 0.15) is 0 Å². The number of carbonyl (C=O) groups excluding carboxylic acids is 1. The van der Waals surface area contributed by atoms with Gasteiger partial charge in [0, 0.05) is 17.2 Å². The molecule has 0 aliphatic rings. The third kappa shape index (κ3) is 4.33. The molecule has 16 heavy (non-hydrogen) atoms. The molecule has 0 aliphatic heterocycles. The predicted octanol–water partition coefficient (Wildman–Crippen LogP) is 2.70. The van der Waals surface area contributed by atoms with Crippen LogP contribution in [0.25, 0.3) is 0 Å². The van der Waals surface area contributed by atoms with Crippen molar-refractivity contribution in [2.75, 3.05) is 19.4 Å². The van der Waals surface area contributed by atoms with E-state index in [0.29, 0.717) is 18.7 Å². The van der Waals surface area contributed by atoms with E-state index >= 15 is 0 Å². The van der Waals surface area contributed by atoms with E-state index in [4.69, 9.17) is 17.3 Å². The van der Waals surface area contributed by atoms with Gasteiger partial charge in [-0.3, -0.25) is 4.79 Å². The summed E-state index contributed by atoms with van der Waals surface area (Å²) in [5, 5.41) is 0.210. The molecule has 0 spiro atoms. The molecular formula is C10H14ClNO2S2. The molecule has 0 radical (unpaired) electrons. The molecule has 0 aromatic carbocycles. The molecule has 1 aromatic heterocycles. The first-order valence-electron chi connectivity index (χ1n) is 4.81. The third-order valence-corrected chi connectivity index (χ3v) is 4.76. The normalized spacial score (nSPS) is 12.4. The van der Waals surface area contributed by atoms with Crippen molar-refractivity contribution in [2.45, 2.75) is 11.7 Å². The van der Waals surface area contributed by atoms with Crippen LogP contribution in [0.3, 0.4) is 0 Å². The van der Waals surface area contributed by atoms with E-state index in [1.165, 1.54) is 18.4 Å². The van der Waals surface area contributed by atoms with Crippen LogP contribution < -0.4 is 5.73 Å². The summed E-state index contributed by atoms with van der Waals surface area (Å²) in [7, 11) is 1.40. The Labute approximate surface area is 108 Å². The highest BCUT2D eigenvalue weighted by Gasteiger charge is 2.13. The lowest BCUT2D eigenvalue weighted by Crippen LogP contribution is -2.10. The zero-order valence-electron chi connectivity index (χ0n) is 8.94. The third-order valence-electron chi connectivity index (χ3n) is 1.98. The molecule has 6 heteroatoms. The first-order chi connectivity index (χ1) is 7.67. The number of methoxy groups -OCH3 is 1. The average Bonchev–Trinajstić information content (AvgIpc) is 2.70. The molecule has 2 N–H and O–H groups in total. The van der Waals surface area contributed by atoms with Crippen LogP contribution in [0, 0.1) is 0 Å². The second-order valence-corrected chi connectivity index (χ2v) is 6.12. The molecule has 1 atom stereocenters. The van der Waals surface area contributed by atoms with Crippen molar-refractivity contribution < 1.29 is 9.53 Å². The van der Waals surface area contributed by atoms with Crippen molar-refractivity contribution in [3.63, 3.8) is 0 Å². The maximum absolute atomic E-state index is 10.9. The lowest BCUT2D eigenvalue weighted by molar-refractivity contribution is -0.140. The number of carbonyl (C=O) groups is 1. The highest BCUT2D eigenvalue weighted by Crippen LogP contribution is 2.34. The molecule has 1 unspecified atom stereocenters. The van der Waals surface area contributed by atoms with Crippen molar-refractivity contribution in [1.82, 2.24) is 0 Å². The Hall–Kier alpha value is -0.230. The van der Waals surface area contributed by atoms with Gasteiger partial charge in [-0.05, 0) is 12.1 Å². The molecule has 0 saturated carbocycles. The summed E-state index contributed by atoms with van der Waals surface area (Å²) in [6.07, 6.45) is 0.413. The van der Waals surface area contributed by atoms with Gasteiger partial charge >= 0.3 is 5.97 Å². The minimum Gasteiger partial charge on any atom is -0.469 e. The largest absolute Gasteiger partial charge is 0.469 e. The maximum atomic E-state index is 10.9. The Balaban J connectivity index is 2.41. The maximum Gasteiger partial charge on any atom is 0.306 e. The molecule has 1 heterocycles. The number of hydrogen-bond acceptors (Lipinski definition) is 5. The summed E-state index contributed by atoms with van der Waals surface area (Å²) in [5.74, 6) is 0.525. The van der Waals surface area contributed by atoms with Crippen molar-refractivity contribution >= 4 is 40.7 Å². The van der Waals surface area contributed by atoms with Crippen LogP contribution in [0.2, 0.25) is 4.34 Å². The molecule has 1 rings (SSSR count). The molecule has 90 valence electrons. The first-order valence-corrected chi connectivity index (χ1v) is 7.05. The van der Waals surface area contributed by atoms with E-state index in [0.717, 1.165) is 9.21 Å². The van der Waals surface area contributed by atoms with Crippen LogP contribution in [0.1, 0.15) is 16.5 Å². The van der Waals surface area contributed by atoms with Crippen LogP contribution in [-0.2, 0) is 9.53 Å². The van der Waals surface area contributed by atoms with Gasteiger partial charge < -0.3 is 10.5 Å². The van der Waals surface area contributed by atoms with E-state index in [1.807, 2.05) is 12.1 Å². The van der Waals surface area contributed by atoms with E-state index in [9.17, 15) is 4.79 Å². The Morgan fingerprint density at radius 3 is 2.94 bits per heavy atom. The molecular weight excluding hydrogens is 266 g/mol. The average molecular weight is 280 g/mol. The fourth-order valence-electron chi connectivity index (χ4n) is 1.15. The van der Waals surface area contributed by atoms with Gasteiger partial charge in [-0.1, -0.05) is 11.6 Å². The van der Waals surface area contributed by atoms with E-state index in [-0.39, 0.29) is 11.2 Å². The van der Waals surface area contributed by atoms with Gasteiger partial charge in [-0.15, -0.1) is 11.3 Å². The van der Waals surface area contributed by atoms with Crippen molar-refractivity contribution in [1.29, 1.82) is 0 Å². The second kappa shape index (κ2) is 7.17. The summed E-state index contributed by atoms with van der Waals surface area (Å²) < 4.78 is 5.34. The summed E-state index contributed by atoms with van der Waals surface area (Å²) >= 11 is 9.05. The van der Waals surface area contributed by atoms with Gasteiger partial charge in [-0.25, -0.2) is 0 Å². The first kappa shape index (κ1) is 13.8. The quantitative estimate of drug-likeness (QED) is 0.814. The lowest BCUT2D eigenvalue weighted by atomic mass is 10.3. The number of thioether (sulfide) groups is 1. The minimum absolute atomic E-state index is 0.188. The van der Waals surface area contributed by atoms with Crippen molar-refractivity contribution in [3.8, 4) is 0 Å². The number of ether oxygens (including phenoxy) is 1. The minimum atomic E-state index is -0.188. The van der Waals surface area contributed by atoms with Gasteiger partial charge in [-0.2, -0.15) is 11.8 Å². The van der Waals surface area contributed by atoms with E-state index < -0.39 is 0 Å². The zero-order valence-corrected chi connectivity index (χ0v) is 11.3. The molecule has 1 aromatic rings. The topological polar surface area (TPSA) is 52.3 Å². The molecule has 0 bridgehead atoms. The number of thiophene rings is 1. The highest BCUT2D eigenvalue weighted by molar-refractivity contribution is 7.99. The van der Waals surface area contributed by atoms with Crippen molar-refractivity contribution in [3.05, 3.63) is 21.3 Å². The Morgan fingerprint density at radius 2 is 2.44 bits per heavy atom. The van der Waals surface area contributed by atoms with Gasteiger partial charge in [0.25, 0.3) is 0 Å². The standard InChI is InChI=1S/C10H14ClNO2S2/c1-14-10(13)4-5-15-8(6-12)7-2-3-9(11)16-7/h2-3,8H,4-6,12H2,1H3. The molecule has 0 saturated heterocycles. The van der Waals surface area contributed by atoms with Crippen LogP contribution >= 0.6 is 34.7 Å². The van der Waals surface area contributed by atoms with E-state index in [1.54, 1.807) is 11.8 Å². The summed E-state index contributed by atoms with van der Waals surface area (Å²) in [4.78, 5) is 12.1. The summed E-state index contributed by atoms with van der Waals surface area (Å²) in [5.41, 5.74) is 5.69. The summed E-state index contributed by atoms with van der Waals surface area (Å²) in [6, 6.07) is 3.85. The second-order valence-electron chi connectivity index (χ2n) is 3.06. The van der Waals surface area contributed by atoms with Crippen LogP contribution in [-0.4, -0.2) is 25.4 Å². The molecule has 0 amide bonds. The van der Waals surface area contributed by atoms with Gasteiger partial charge in [0.05, 0.1) is 23.1 Å². The Kier molecular flexibility index (Phi) is 6.20. The lowest BCUT2D eigenvalue weighted by Gasteiger charge is -2.11. The smallest absolute Gasteiger partial charge is 0.306 e. The summed E-state index contributed by atoms with van der Waals surface area (Å²) in [6.45, 7) is 0.544. The van der Waals surface area contributed by atoms with Gasteiger partial charge in [0.2, 0.25) is 0 Å². The predicted molar refractivity (Wildman–Crippen MR) is 70.2 cm³/mol. The highest BCUT2D eigenvalue weighted by atomic mass is 35.5. The number of esters is 1. The molecule has 3 nitrogen and oxygen atoms in total. The number of rotatable bonds is 6. The zero-order chi connectivity index (χ0) is 12.0. The van der Waals surface area contributed by atoms with E-state index in [2.05, 4.69) is 4.74 Å². The van der Waals surface area contributed by atoms with Crippen LogP contribution in [0.4, 0.5) is 0 Å². The van der Waals surface area contributed by atoms with Crippen LogP contribution in [0.15, 0.2) is 12.1 Å². The van der Waals surface area contributed by atoms with Gasteiger partial charge in [0.15, 0.2) is 0 Å². The fraction of sp³-hybridized carbons (Fsp3) is 0.500. The number of nitrogens with two attached hydrogens (primary N) is 1. The fourth-order valence-corrected chi connectivity index (χ4v) is 3.51. The SMILES string of the molecule is COC(=O)CCSC(CN)c1ccc(Cl)s1. The van der Waals surface area contributed by atoms with Crippen LogP contribution in [0.5, 0.6) is 0 Å². The Morgan fingerprint density at radius 1 is 1.69 bits per heavy atom. The monoisotopic (exact) mass is 279 g/mol. The number of hydrogen-bond donors (Lipinski definition) is 1. The number of halogens is 1. The molecule has 0 fully saturated rings. The Bertz CT molecular complexity index is 343. The molecule has 0 aliphatic carbocycles. The van der Waals surface area contributed by atoms with Crippen molar-refractivity contribution in [2.24, 2.45) is 5.73 Å².